The number of benzene rings is 2. The van der Waals surface area contributed by atoms with Gasteiger partial charge >= 0.3 is 0 Å². The second-order valence-electron chi connectivity index (χ2n) is 7.02. The average Bonchev–Trinajstić information content (AvgIpc) is 3.52. The maximum atomic E-state index is 11.5. The second kappa shape index (κ2) is 9.02. The molecule has 0 unspecified atom stereocenters. The summed E-state index contributed by atoms with van der Waals surface area (Å²) < 4.78 is 11.0. The van der Waals surface area contributed by atoms with Crippen LogP contribution < -0.4 is 14.8 Å². The Morgan fingerprint density at radius 3 is 2.56 bits per heavy atom. The standard InChI is InChI=1S/C22H27NO4/c1-15(24)18-10-11-20(21(12-18)26-2)27-14-19(25)13-23-22(17-8-9-17)16-6-4-3-5-7-16/h3-7,10-12,17,19,22-23,25H,8-9,13-14H2,1-2H3/t19-,22+/m0/s1. The summed E-state index contributed by atoms with van der Waals surface area (Å²) in [7, 11) is 1.53. The molecule has 0 aromatic heterocycles. The van der Waals surface area contributed by atoms with Crippen LogP contribution in [0.5, 0.6) is 11.5 Å². The number of aliphatic hydroxyl groups is 1. The van der Waals surface area contributed by atoms with Gasteiger partial charge in [-0.15, -0.1) is 0 Å². The first-order valence-electron chi connectivity index (χ1n) is 9.36. The van der Waals surface area contributed by atoms with Crippen LogP contribution in [0.3, 0.4) is 0 Å². The lowest BCUT2D eigenvalue weighted by Crippen LogP contribution is -2.34. The highest BCUT2D eigenvalue weighted by Crippen LogP contribution is 2.40. The quantitative estimate of drug-likeness (QED) is 0.629. The van der Waals surface area contributed by atoms with Gasteiger partial charge in [0.05, 0.1) is 7.11 Å². The summed E-state index contributed by atoms with van der Waals surface area (Å²) in [6, 6.07) is 15.7. The third-order valence-corrected chi connectivity index (χ3v) is 4.83. The van der Waals surface area contributed by atoms with Crippen LogP contribution in [-0.2, 0) is 0 Å². The summed E-state index contributed by atoms with van der Waals surface area (Å²) >= 11 is 0. The molecule has 3 rings (SSSR count). The Morgan fingerprint density at radius 1 is 1.19 bits per heavy atom. The molecule has 144 valence electrons. The number of hydrogen-bond acceptors (Lipinski definition) is 5. The van der Waals surface area contributed by atoms with E-state index in [-0.39, 0.29) is 18.4 Å². The van der Waals surface area contributed by atoms with E-state index in [4.69, 9.17) is 9.47 Å². The van der Waals surface area contributed by atoms with Crippen molar-refractivity contribution in [2.45, 2.75) is 31.9 Å². The molecule has 0 amide bonds. The van der Waals surface area contributed by atoms with Crippen LogP contribution in [0, 0.1) is 5.92 Å². The third kappa shape index (κ3) is 5.31. The molecule has 1 aliphatic rings. The molecule has 1 saturated carbocycles. The topological polar surface area (TPSA) is 67.8 Å². The molecule has 5 nitrogen and oxygen atoms in total. The molecule has 0 radical (unpaired) electrons. The molecule has 27 heavy (non-hydrogen) atoms. The number of methoxy groups -OCH3 is 1. The summed E-state index contributed by atoms with van der Waals surface area (Å²) in [5, 5.41) is 13.8. The Balaban J connectivity index is 1.53. The van der Waals surface area contributed by atoms with Crippen LogP contribution in [0.1, 0.15) is 41.7 Å². The lowest BCUT2D eigenvalue weighted by atomic mass is 10.0. The zero-order chi connectivity index (χ0) is 19.2. The van der Waals surface area contributed by atoms with Gasteiger partial charge in [0.1, 0.15) is 12.7 Å². The highest BCUT2D eigenvalue weighted by atomic mass is 16.5. The van der Waals surface area contributed by atoms with E-state index in [9.17, 15) is 9.90 Å². The molecule has 0 aliphatic heterocycles. The van der Waals surface area contributed by atoms with Crippen molar-refractivity contribution in [3.8, 4) is 11.5 Å². The molecular formula is C22H27NO4. The molecule has 0 spiro atoms. The largest absolute Gasteiger partial charge is 0.493 e. The van der Waals surface area contributed by atoms with Gasteiger partial charge in [-0.25, -0.2) is 0 Å². The molecule has 2 aromatic carbocycles. The second-order valence-corrected chi connectivity index (χ2v) is 7.02. The van der Waals surface area contributed by atoms with Crippen LogP contribution >= 0.6 is 0 Å². The first kappa shape index (κ1) is 19.4. The fourth-order valence-electron chi connectivity index (χ4n) is 3.16. The van der Waals surface area contributed by atoms with E-state index < -0.39 is 6.10 Å². The van der Waals surface area contributed by atoms with Crippen molar-refractivity contribution < 1.29 is 19.4 Å². The van der Waals surface area contributed by atoms with Gasteiger partial charge in [0.2, 0.25) is 0 Å². The molecule has 1 aliphatic carbocycles. The number of carbonyl (C=O) groups excluding carboxylic acids is 1. The summed E-state index contributed by atoms with van der Waals surface area (Å²) in [6.45, 7) is 2.10. The smallest absolute Gasteiger partial charge is 0.161 e. The van der Waals surface area contributed by atoms with E-state index in [0.29, 0.717) is 29.5 Å². The SMILES string of the molecule is COc1cc(C(C)=O)ccc1OC[C@@H](O)CN[C@H](c1ccccc1)C1CC1. The maximum Gasteiger partial charge on any atom is 0.161 e. The van der Waals surface area contributed by atoms with Crippen molar-refractivity contribution >= 4 is 5.78 Å². The van der Waals surface area contributed by atoms with Gasteiger partial charge in [0, 0.05) is 18.2 Å². The Labute approximate surface area is 160 Å². The van der Waals surface area contributed by atoms with Crippen LogP contribution in [-0.4, -0.2) is 37.3 Å². The van der Waals surface area contributed by atoms with Gasteiger partial charge < -0.3 is 19.9 Å². The summed E-state index contributed by atoms with van der Waals surface area (Å²) in [6.07, 6.45) is 1.80. The van der Waals surface area contributed by atoms with Crippen molar-refractivity contribution in [3.05, 3.63) is 59.7 Å². The van der Waals surface area contributed by atoms with Crippen molar-refractivity contribution in [1.82, 2.24) is 5.32 Å². The van der Waals surface area contributed by atoms with Gasteiger partial charge in [0.25, 0.3) is 0 Å². The van der Waals surface area contributed by atoms with Gasteiger partial charge in [-0.1, -0.05) is 30.3 Å². The zero-order valence-electron chi connectivity index (χ0n) is 15.9. The molecular weight excluding hydrogens is 342 g/mol. The lowest BCUT2D eigenvalue weighted by Gasteiger charge is -2.21. The molecule has 2 aromatic rings. The minimum atomic E-state index is -0.646. The monoisotopic (exact) mass is 369 g/mol. The minimum absolute atomic E-state index is 0.0314. The normalized spacial score (nSPS) is 15.8. The number of hydrogen-bond donors (Lipinski definition) is 2. The van der Waals surface area contributed by atoms with Gasteiger partial charge in [-0.3, -0.25) is 4.79 Å². The van der Waals surface area contributed by atoms with Crippen LogP contribution in [0.4, 0.5) is 0 Å². The fraction of sp³-hybridized carbons (Fsp3) is 0.409. The van der Waals surface area contributed by atoms with Gasteiger partial charge in [-0.2, -0.15) is 0 Å². The van der Waals surface area contributed by atoms with E-state index in [0.717, 1.165) is 0 Å². The van der Waals surface area contributed by atoms with Gasteiger partial charge in [-0.05, 0) is 49.4 Å². The van der Waals surface area contributed by atoms with Gasteiger partial charge in [0.15, 0.2) is 17.3 Å². The van der Waals surface area contributed by atoms with E-state index in [1.165, 1.54) is 32.4 Å². The van der Waals surface area contributed by atoms with Crippen molar-refractivity contribution in [2.75, 3.05) is 20.3 Å². The molecule has 1 fully saturated rings. The van der Waals surface area contributed by atoms with Crippen LogP contribution in [0.25, 0.3) is 0 Å². The number of nitrogens with one attached hydrogen (secondary N) is 1. The number of ether oxygens (including phenoxy) is 2. The molecule has 5 heteroatoms. The maximum absolute atomic E-state index is 11.5. The Morgan fingerprint density at radius 2 is 1.93 bits per heavy atom. The third-order valence-electron chi connectivity index (χ3n) is 4.83. The van der Waals surface area contributed by atoms with Crippen LogP contribution in [0.2, 0.25) is 0 Å². The van der Waals surface area contributed by atoms with E-state index >= 15 is 0 Å². The van der Waals surface area contributed by atoms with E-state index in [2.05, 4.69) is 17.4 Å². The Bertz CT molecular complexity index is 758. The minimum Gasteiger partial charge on any atom is -0.493 e. The summed E-state index contributed by atoms with van der Waals surface area (Å²) in [4.78, 5) is 11.5. The Kier molecular flexibility index (Phi) is 6.48. The fourth-order valence-corrected chi connectivity index (χ4v) is 3.16. The van der Waals surface area contributed by atoms with E-state index in [1.54, 1.807) is 18.2 Å². The molecule has 0 saturated heterocycles. The zero-order valence-corrected chi connectivity index (χ0v) is 15.9. The molecule has 0 bridgehead atoms. The summed E-state index contributed by atoms with van der Waals surface area (Å²) in [5.41, 5.74) is 1.83. The molecule has 0 heterocycles. The van der Waals surface area contributed by atoms with E-state index in [1.807, 2.05) is 18.2 Å². The summed E-state index contributed by atoms with van der Waals surface area (Å²) in [5.74, 6) is 1.61. The first-order valence-corrected chi connectivity index (χ1v) is 9.36. The first-order chi connectivity index (χ1) is 13.1. The van der Waals surface area contributed by atoms with Crippen LogP contribution in [0.15, 0.2) is 48.5 Å². The Hall–Kier alpha value is -2.37. The molecule has 2 atom stereocenters. The number of carbonyl (C=O) groups is 1. The lowest BCUT2D eigenvalue weighted by molar-refractivity contribution is 0.0998. The predicted molar refractivity (Wildman–Crippen MR) is 104 cm³/mol. The molecule has 2 N–H and O–H groups in total. The predicted octanol–water partition coefficient (Wildman–Crippen LogP) is 3.38. The number of ketones is 1. The van der Waals surface area contributed by atoms with Crippen molar-refractivity contribution in [3.63, 3.8) is 0 Å². The average molecular weight is 369 g/mol. The number of rotatable bonds is 10. The highest BCUT2D eigenvalue weighted by molar-refractivity contribution is 5.94. The van der Waals surface area contributed by atoms with Crippen molar-refractivity contribution in [1.29, 1.82) is 0 Å². The number of aliphatic hydroxyl groups excluding tert-OH is 1. The highest BCUT2D eigenvalue weighted by Gasteiger charge is 2.32. The number of Topliss-reactive ketones (excluding diaryl/α,β-unsaturated/α-hetero) is 1. The van der Waals surface area contributed by atoms with Crippen molar-refractivity contribution in [2.24, 2.45) is 5.92 Å².